The van der Waals surface area contributed by atoms with Gasteiger partial charge in [-0.05, 0) is 29.1 Å². The van der Waals surface area contributed by atoms with E-state index in [-0.39, 0.29) is 17.5 Å². The lowest BCUT2D eigenvalue weighted by Crippen LogP contribution is -2.29. The number of benzene rings is 2. The van der Waals surface area contributed by atoms with Gasteiger partial charge in [0.15, 0.2) is 0 Å². The molecule has 30 heavy (non-hydrogen) atoms. The van der Waals surface area contributed by atoms with E-state index >= 15 is 0 Å². The number of hydrogen-bond donors (Lipinski definition) is 1. The van der Waals surface area contributed by atoms with Crippen molar-refractivity contribution in [2.45, 2.75) is 12.5 Å². The van der Waals surface area contributed by atoms with Crippen LogP contribution in [-0.4, -0.2) is 21.0 Å². The fraction of sp³-hybridized carbons (Fsp3) is 0.0952. The number of nitrogens with one attached hydrogen (secondary N) is 1. The summed E-state index contributed by atoms with van der Waals surface area (Å²) in [5.74, 6) is 0.335. The van der Waals surface area contributed by atoms with E-state index in [1.807, 2.05) is 41.8 Å². The highest BCUT2D eigenvalue weighted by Gasteiger charge is 2.23. The van der Waals surface area contributed by atoms with Crippen LogP contribution in [0.4, 0.5) is 5.69 Å². The molecule has 0 unspecified atom stereocenters. The molecular formula is C21H16N4O4S. The lowest BCUT2D eigenvalue weighted by Gasteiger charge is -2.14. The number of rotatable bonds is 7. The van der Waals surface area contributed by atoms with Gasteiger partial charge in [-0.3, -0.25) is 14.9 Å². The Morgan fingerprint density at radius 1 is 1.10 bits per heavy atom. The number of amides is 1. The molecule has 9 heteroatoms. The Bertz CT molecular complexity index is 1140. The molecule has 1 amide bonds. The van der Waals surface area contributed by atoms with Gasteiger partial charge < -0.3 is 9.84 Å². The molecule has 0 saturated heterocycles. The Hall–Kier alpha value is -3.85. The molecule has 0 aliphatic heterocycles. The molecule has 0 aliphatic carbocycles. The summed E-state index contributed by atoms with van der Waals surface area (Å²) in [5.41, 5.74) is 1.57. The highest BCUT2D eigenvalue weighted by Crippen LogP contribution is 2.24. The summed E-state index contributed by atoms with van der Waals surface area (Å²) < 4.78 is 5.44. The summed E-state index contributed by atoms with van der Waals surface area (Å²) in [5, 5.41) is 19.6. The van der Waals surface area contributed by atoms with Gasteiger partial charge in [-0.1, -0.05) is 41.6 Å². The monoisotopic (exact) mass is 420 g/mol. The molecule has 0 radical (unpaired) electrons. The van der Waals surface area contributed by atoms with Crippen LogP contribution in [0.3, 0.4) is 0 Å². The number of carbonyl (C=O) groups is 1. The predicted molar refractivity (Wildman–Crippen MR) is 111 cm³/mol. The number of hydrogen-bond acceptors (Lipinski definition) is 7. The summed E-state index contributed by atoms with van der Waals surface area (Å²) in [7, 11) is 0. The van der Waals surface area contributed by atoms with E-state index in [0.29, 0.717) is 22.7 Å². The summed E-state index contributed by atoms with van der Waals surface area (Å²) >= 11 is 1.35. The molecule has 1 N–H and O–H groups in total. The molecule has 0 saturated carbocycles. The SMILES string of the molecule is O=C(N[C@@H](Cc1ccccc1)c1nc(-c2ccc([N+](=O)[O-])cc2)no1)c1cccs1. The van der Waals surface area contributed by atoms with Crippen LogP contribution in [-0.2, 0) is 6.42 Å². The molecule has 2 heterocycles. The van der Waals surface area contributed by atoms with Crippen molar-refractivity contribution in [3.05, 3.63) is 98.6 Å². The van der Waals surface area contributed by atoms with E-state index in [0.717, 1.165) is 5.56 Å². The lowest BCUT2D eigenvalue weighted by molar-refractivity contribution is -0.384. The molecule has 2 aromatic carbocycles. The zero-order valence-corrected chi connectivity index (χ0v) is 16.4. The lowest BCUT2D eigenvalue weighted by atomic mass is 10.1. The first kappa shape index (κ1) is 19.5. The fourth-order valence-corrected chi connectivity index (χ4v) is 3.54. The molecule has 0 fully saturated rings. The predicted octanol–water partition coefficient (Wildman–Crippen LogP) is 4.42. The van der Waals surface area contributed by atoms with E-state index in [1.54, 1.807) is 18.2 Å². The van der Waals surface area contributed by atoms with Crippen molar-refractivity contribution in [3.8, 4) is 11.4 Å². The van der Waals surface area contributed by atoms with E-state index in [9.17, 15) is 14.9 Å². The normalized spacial score (nSPS) is 11.7. The second-order valence-corrected chi connectivity index (χ2v) is 7.40. The van der Waals surface area contributed by atoms with Gasteiger partial charge in [0.2, 0.25) is 11.7 Å². The highest BCUT2D eigenvalue weighted by atomic mass is 32.1. The number of nitro benzene ring substituents is 1. The molecule has 1 atom stereocenters. The number of nitro groups is 1. The highest BCUT2D eigenvalue weighted by molar-refractivity contribution is 7.12. The zero-order valence-electron chi connectivity index (χ0n) is 15.6. The minimum Gasteiger partial charge on any atom is -0.339 e. The van der Waals surface area contributed by atoms with Gasteiger partial charge in [0, 0.05) is 24.1 Å². The first-order valence-corrected chi connectivity index (χ1v) is 9.95. The minimum atomic E-state index is -0.527. The van der Waals surface area contributed by atoms with Gasteiger partial charge in [0.25, 0.3) is 11.6 Å². The van der Waals surface area contributed by atoms with Crippen molar-refractivity contribution in [1.29, 1.82) is 0 Å². The Labute approximate surface area is 175 Å². The van der Waals surface area contributed by atoms with Crippen LogP contribution in [0.25, 0.3) is 11.4 Å². The maximum atomic E-state index is 12.6. The first-order valence-electron chi connectivity index (χ1n) is 9.07. The third-order valence-corrected chi connectivity index (χ3v) is 5.28. The van der Waals surface area contributed by atoms with Gasteiger partial charge >= 0.3 is 0 Å². The van der Waals surface area contributed by atoms with Crippen LogP contribution in [0.15, 0.2) is 76.6 Å². The second kappa shape index (κ2) is 8.66. The van der Waals surface area contributed by atoms with Crippen LogP contribution < -0.4 is 5.32 Å². The molecule has 150 valence electrons. The van der Waals surface area contributed by atoms with Crippen molar-refractivity contribution < 1.29 is 14.2 Å². The van der Waals surface area contributed by atoms with Crippen molar-refractivity contribution in [2.24, 2.45) is 0 Å². The molecule has 4 aromatic rings. The van der Waals surface area contributed by atoms with Crippen molar-refractivity contribution >= 4 is 22.9 Å². The molecule has 4 rings (SSSR count). The number of aromatic nitrogens is 2. The van der Waals surface area contributed by atoms with Crippen molar-refractivity contribution in [2.75, 3.05) is 0 Å². The molecular weight excluding hydrogens is 404 g/mol. The van der Waals surface area contributed by atoms with E-state index < -0.39 is 11.0 Å². The molecule has 0 aliphatic rings. The van der Waals surface area contributed by atoms with E-state index in [4.69, 9.17) is 4.52 Å². The van der Waals surface area contributed by atoms with Crippen LogP contribution in [0.5, 0.6) is 0 Å². The fourth-order valence-electron chi connectivity index (χ4n) is 2.91. The van der Waals surface area contributed by atoms with Gasteiger partial charge in [-0.25, -0.2) is 0 Å². The van der Waals surface area contributed by atoms with Crippen LogP contribution in [0, 0.1) is 10.1 Å². The number of nitrogens with zero attached hydrogens (tertiary/aromatic N) is 3. The summed E-state index contributed by atoms with van der Waals surface area (Å²) in [4.78, 5) is 28.0. The average Bonchev–Trinajstić information content (AvgIpc) is 3.47. The van der Waals surface area contributed by atoms with Gasteiger partial charge in [-0.15, -0.1) is 11.3 Å². The van der Waals surface area contributed by atoms with Gasteiger partial charge in [0.05, 0.1) is 9.80 Å². The number of carbonyl (C=O) groups excluding carboxylic acids is 1. The quantitative estimate of drug-likeness (QED) is 0.350. The maximum absolute atomic E-state index is 12.6. The smallest absolute Gasteiger partial charge is 0.269 e. The number of thiophene rings is 1. The Morgan fingerprint density at radius 2 is 1.87 bits per heavy atom. The maximum Gasteiger partial charge on any atom is 0.269 e. The summed E-state index contributed by atoms with van der Waals surface area (Å²) in [6.45, 7) is 0. The Balaban J connectivity index is 1.60. The topological polar surface area (TPSA) is 111 Å². The minimum absolute atomic E-state index is 0.0207. The molecule has 8 nitrogen and oxygen atoms in total. The molecule has 2 aromatic heterocycles. The number of non-ortho nitro benzene ring substituents is 1. The van der Waals surface area contributed by atoms with Crippen molar-refractivity contribution in [3.63, 3.8) is 0 Å². The Kier molecular flexibility index (Phi) is 5.62. The largest absolute Gasteiger partial charge is 0.339 e. The second-order valence-electron chi connectivity index (χ2n) is 6.45. The summed E-state index contributed by atoms with van der Waals surface area (Å²) in [6.07, 6.45) is 0.472. The molecule has 0 spiro atoms. The first-order chi connectivity index (χ1) is 14.6. The zero-order chi connectivity index (χ0) is 20.9. The van der Waals surface area contributed by atoms with Gasteiger partial charge in [-0.2, -0.15) is 4.98 Å². The average molecular weight is 420 g/mol. The Morgan fingerprint density at radius 3 is 2.53 bits per heavy atom. The molecule has 0 bridgehead atoms. The van der Waals surface area contributed by atoms with Crippen LogP contribution in [0.1, 0.15) is 27.2 Å². The van der Waals surface area contributed by atoms with Gasteiger partial charge in [0.1, 0.15) is 6.04 Å². The van der Waals surface area contributed by atoms with Crippen molar-refractivity contribution in [1.82, 2.24) is 15.5 Å². The standard InChI is InChI=1S/C21H16N4O4S/c26-20(18-7-4-12-30-18)22-17(13-14-5-2-1-3-6-14)21-23-19(24-29-21)15-8-10-16(11-9-15)25(27)28/h1-12,17H,13H2,(H,22,26)/t17-/m0/s1. The third-order valence-electron chi connectivity index (χ3n) is 4.41. The summed E-state index contributed by atoms with van der Waals surface area (Å²) in [6, 6.07) is 18.6. The van der Waals surface area contributed by atoms with Crippen LogP contribution >= 0.6 is 11.3 Å². The van der Waals surface area contributed by atoms with E-state index in [1.165, 1.54) is 23.5 Å². The van der Waals surface area contributed by atoms with Crippen LogP contribution in [0.2, 0.25) is 0 Å². The third kappa shape index (κ3) is 4.41. The van der Waals surface area contributed by atoms with E-state index in [2.05, 4.69) is 15.5 Å².